The second-order valence-electron chi connectivity index (χ2n) is 7.44. The number of ether oxygens (including phenoxy) is 3. The third-order valence-electron chi connectivity index (χ3n) is 3.69. The lowest BCUT2D eigenvalue weighted by Crippen LogP contribution is -2.46. The molecule has 0 aromatic heterocycles. The van der Waals surface area contributed by atoms with Crippen LogP contribution in [0.4, 0.5) is 4.79 Å². The van der Waals surface area contributed by atoms with Crippen LogP contribution in [0.25, 0.3) is 0 Å². The first-order chi connectivity index (χ1) is 11.7. The van der Waals surface area contributed by atoms with E-state index in [0.29, 0.717) is 13.1 Å². The van der Waals surface area contributed by atoms with Crippen molar-refractivity contribution in [2.75, 3.05) is 13.3 Å². The zero-order chi connectivity index (χ0) is 18.6. The van der Waals surface area contributed by atoms with E-state index in [-0.39, 0.29) is 24.8 Å². The third-order valence-corrected chi connectivity index (χ3v) is 4.28. The van der Waals surface area contributed by atoms with Crippen LogP contribution < -0.4 is 20.1 Å². The lowest BCUT2D eigenvalue weighted by molar-refractivity contribution is 0.0490. The van der Waals surface area contributed by atoms with Gasteiger partial charge >= 0.3 is 6.09 Å². The van der Waals surface area contributed by atoms with Gasteiger partial charge in [0.2, 0.25) is 6.79 Å². The lowest BCUT2D eigenvalue weighted by atomic mass is 10.0. The molecule has 7 heteroatoms. The van der Waals surface area contributed by atoms with Gasteiger partial charge in [0, 0.05) is 19.1 Å². The van der Waals surface area contributed by atoms with E-state index >= 15 is 0 Å². The van der Waals surface area contributed by atoms with Crippen molar-refractivity contribution in [3.63, 3.8) is 0 Å². The molecule has 1 aromatic carbocycles. The van der Waals surface area contributed by atoms with Crippen molar-refractivity contribution in [3.05, 3.63) is 22.2 Å². The first kappa shape index (κ1) is 19.8. The molecule has 0 radical (unpaired) electrons. The second-order valence-corrected chi connectivity index (χ2v) is 8.29. The van der Waals surface area contributed by atoms with Crippen LogP contribution in [0.5, 0.6) is 11.5 Å². The number of fused-ring (bicyclic) bond motifs is 1. The summed E-state index contributed by atoms with van der Waals surface area (Å²) in [4.78, 5) is 12.0. The average molecular weight is 415 g/mol. The predicted molar refractivity (Wildman–Crippen MR) is 100.0 cm³/mol. The molecule has 6 nitrogen and oxygen atoms in total. The van der Waals surface area contributed by atoms with Crippen molar-refractivity contribution < 1.29 is 19.0 Å². The monoisotopic (exact) mass is 414 g/mol. The molecule has 1 amide bonds. The van der Waals surface area contributed by atoms with E-state index in [0.717, 1.165) is 21.5 Å². The molecule has 1 atom stereocenters. The van der Waals surface area contributed by atoms with Gasteiger partial charge in [-0.05, 0) is 60.3 Å². The van der Waals surface area contributed by atoms with Gasteiger partial charge in [0.25, 0.3) is 0 Å². The molecule has 2 N–H and O–H groups in total. The van der Waals surface area contributed by atoms with Crippen LogP contribution in [-0.2, 0) is 11.3 Å². The average Bonchev–Trinajstić information content (AvgIpc) is 2.93. The molecule has 0 spiro atoms. The topological polar surface area (TPSA) is 68.8 Å². The normalized spacial score (nSPS) is 14.5. The number of carbonyl (C=O) groups is 1. The molecule has 1 aliphatic rings. The van der Waals surface area contributed by atoms with Gasteiger partial charge in [0.1, 0.15) is 5.60 Å². The summed E-state index contributed by atoms with van der Waals surface area (Å²) in [6.45, 7) is 11.3. The van der Waals surface area contributed by atoms with Gasteiger partial charge in [-0.15, -0.1) is 0 Å². The number of halogens is 1. The van der Waals surface area contributed by atoms with Gasteiger partial charge in [-0.1, -0.05) is 13.8 Å². The number of rotatable bonds is 6. The summed E-state index contributed by atoms with van der Waals surface area (Å²) in [6, 6.07) is 3.95. The van der Waals surface area contributed by atoms with Gasteiger partial charge < -0.3 is 24.8 Å². The quantitative estimate of drug-likeness (QED) is 0.740. The molecule has 0 fully saturated rings. The predicted octanol–water partition coefficient (Wildman–Crippen LogP) is 3.82. The lowest BCUT2D eigenvalue weighted by Gasteiger charge is -2.26. The van der Waals surface area contributed by atoms with Crippen molar-refractivity contribution in [2.24, 2.45) is 5.92 Å². The number of carbonyl (C=O) groups excluding carboxylic acids is 1. The summed E-state index contributed by atoms with van der Waals surface area (Å²) >= 11 is 3.50. The maximum atomic E-state index is 12.0. The summed E-state index contributed by atoms with van der Waals surface area (Å²) in [6.07, 6.45) is -0.390. The summed E-state index contributed by atoms with van der Waals surface area (Å²) in [5.41, 5.74) is 0.577. The van der Waals surface area contributed by atoms with Crippen molar-refractivity contribution >= 4 is 22.0 Å². The SMILES string of the molecule is CC(C)[C@H](CNCc1cc(Br)c2c(c1)OCO2)NC(=O)OC(C)(C)C. The number of hydrogen-bond acceptors (Lipinski definition) is 5. The Balaban J connectivity index is 1.87. The molecule has 0 bridgehead atoms. The summed E-state index contributed by atoms with van der Waals surface area (Å²) < 4.78 is 17.0. The fourth-order valence-corrected chi connectivity index (χ4v) is 3.01. The van der Waals surface area contributed by atoms with Crippen LogP contribution in [0.15, 0.2) is 16.6 Å². The van der Waals surface area contributed by atoms with Gasteiger partial charge in [0.15, 0.2) is 11.5 Å². The maximum Gasteiger partial charge on any atom is 0.407 e. The molecular formula is C18H27BrN2O4. The molecule has 0 unspecified atom stereocenters. The minimum atomic E-state index is -0.502. The summed E-state index contributed by atoms with van der Waals surface area (Å²) in [5, 5.41) is 6.32. The zero-order valence-corrected chi connectivity index (χ0v) is 17.0. The molecule has 1 aromatic rings. The fraction of sp³-hybridized carbons (Fsp3) is 0.611. The molecule has 140 valence electrons. The highest BCUT2D eigenvalue weighted by Gasteiger charge is 2.22. The minimum Gasteiger partial charge on any atom is -0.454 e. The van der Waals surface area contributed by atoms with E-state index in [9.17, 15) is 4.79 Å². The number of amides is 1. The van der Waals surface area contributed by atoms with E-state index in [2.05, 4.69) is 40.4 Å². The minimum absolute atomic E-state index is 0.0210. The van der Waals surface area contributed by atoms with Crippen molar-refractivity contribution in [3.8, 4) is 11.5 Å². The van der Waals surface area contributed by atoms with Crippen LogP contribution in [0.3, 0.4) is 0 Å². The Morgan fingerprint density at radius 2 is 2.04 bits per heavy atom. The second kappa shape index (κ2) is 8.27. The summed E-state index contributed by atoms with van der Waals surface area (Å²) in [5.74, 6) is 1.78. The highest BCUT2D eigenvalue weighted by Crippen LogP contribution is 2.39. The Labute approximate surface area is 157 Å². The Morgan fingerprint density at radius 1 is 1.32 bits per heavy atom. The fourth-order valence-electron chi connectivity index (χ4n) is 2.41. The zero-order valence-electron chi connectivity index (χ0n) is 15.4. The Kier molecular flexibility index (Phi) is 6.57. The highest BCUT2D eigenvalue weighted by atomic mass is 79.9. The number of benzene rings is 1. The Bertz CT molecular complexity index is 614. The maximum absolute atomic E-state index is 12.0. The molecule has 0 saturated heterocycles. The molecule has 25 heavy (non-hydrogen) atoms. The first-order valence-corrected chi connectivity index (χ1v) is 9.23. The van der Waals surface area contributed by atoms with Crippen LogP contribution in [0, 0.1) is 5.92 Å². The molecule has 0 aliphatic carbocycles. The number of hydrogen-bond donors (Lipinski definition) is 2. The first-order valence-electron chi connectivity index (χ1n) is 8.44. The van der Waals surface area contributed by atoms with E-state index < -0.39 is 5.60 Å². The van der Waals surface area contributed by atoms with E-state index in [1.807, 2.05) is 32.9 Å². The van der Waals surface area contributed by atoms with E-state index in [4.69, 9.17) is 14.2 Å². The van der Waals surface area contributed by atoms with Crippen LogP contribution >= 0.6 is 15.9 Å². The van der Waals surface area contributed by atoms with E-state index in [1.165, 1.54) is 0 Å². The van der Waals surface area contributed by atoms with Crippen LogP contribution in [0.2, 0.25) is 0 Å². The summed E-state index contributed by atoms with van der Waals surface area (Å²) in [7, 11) is 0. The molecule has 1 aliphatic heterocycles. The van der Waals surface area contributed by atoms with Crippen molar-refractivity contribution in [2.45, 2.75) is 52.8 Å². The number of nitrogens with one attached hydrogen (secondary N) is 2. The Hall–Kier alpha value is -1.47. The number of alkyl carbamates (subject to hydrolysis) is 1. The molecule has 1 heterocycles. The van der Waals surface area contributed by atoms with Gasteiger partial charge in [-0.2, -0.15) is 0 Å². The Morgan fingerprint density at radius 3 is 2.68 bits per heavy atom. The van der Waals surface area contributed by atoms with Crippen LogP contribution in [0.1, 0.15) is 40.2 Å². The highest BCUT2D eigenvalue weighted by molar-refractivity contribution is 9.10. The van der Waals surface area contributed by atoms with Crippen molar-refractivity contribution in [1.82, 2.24) is 10.6 Å². The molecule has 2 rings (SSSR count). The van der Waals surface area contributed by atoms with Crippen LogP contribution in [-0.4, -0.2) is 31.1 Å². The third kappa shape index (κ3) is 6.08. The smallest absolute Gasteiger partial charge is 0.407 e. The van der Waals surface area contributed by atoms with Crippen molar-refractivity contribution in [1.29, 1.82) is 0 Å². The largest absolute Gasteiger partial charge is 0.454 e. The van der Waals surface area contributed by atoms with Gasteiger partial charge in [-0.3, -0.25) is 0 Å². The van der Waals surface area contributed by atoms with E-state index in [1.54, 1.807) is 0 Å². The standard InChI is InChI=1S/C18H27BrN2O4/c1-11(2)14(21-17(22)25-18(3,4)5)9-20-8-12-6-13(19)16-15(7-12)23-10-24-16/h6-7,11,14,20H,8-10H2,1-5H3,(H,21,22)/t14-/m0/s1. The van der Waals surface area contributed by atoms with Gasteiger partial charge in [0.05, 0.1) is 4.47 Å². The molecular weight excluding hydrogens is 388 g/mol. The molecule has 0 saturated carbocycles. The van der Waals surface area contributed by atoms with Gasteiger partial charge in [-0.25, -0.2) is 4.79 Å².